The predicted molar refractivity (Wildman–Crippen MR) is 80.0 cm³/mol. The highest BCUT2D eigenvalue weighted by atomic mass is 16.5. The van der Waals surface area contributed by atoms with Gasteiger partial charge < -0.3 is 14.8 Å². The Morgan fingerprint density at radius 2 is 2.05 bits per heavy atom. The quantitative estimate of drug-likeness (QED) is 0.868. The molecular formula is C16H26N2O2. The van der Waals surface area contributed by atoms with Gasteiger partial charge in [0.05, 0.1) is 24.9 Å². The standard InChI is InChI=1S/C16H26N2O2/c1-4-20-16(8-6-5-7-9-16)15(17-2)13-10-14(19-3)12-18-11-13/h10-12,15,17H,4-9H2,1-3H3. The molecule has 1 aromatic rings. The van der Waals surface area contributed by atoms with Gasteiger partial charge >= 0.3 is 0 Å². The van der Waals surface area contributed by atoms with Crippen LogP contribution in [-0.2, 0) is 4.74 Å². The molecule has 1 saturated carbocycles. The van der Waals surface area contributed by atoms with E-state index in [4.69, 9.17) is 9.47 Å². The zero-order valence-corrected chi connectivity index (χ0v) is 12.8. The first kappa shape index (κ1) is 15.3. The van der Waals surface area contributed by atoms with Crippen LogP contribution in [0.3, 0.4) is 0 Å². The van der Waals surface area contributed by atoms with Gasteiger partial charge in [-0.05, 0) is 38.4 Å². The topological polar surface area (TPSA) is 43.4 Å². The molecule has 4 nitrogen and oxygen atoms in total. The van der Waals surface area contributed by atoms with Crippen LogP contribution in [0.4, 0.5) is 0 Å². The van der Waals surface area contributed by atoms with E-state index in [9.17, 15) is 0 Å². The SMILES string of the molecule is CCOC1(C(NC)c2cncc(OC)c2)CCCCC1. The Balaban J connectivity index is 2.31. The molecule has 20 heavy (non-hydrogen) atoms. The summed E-state index contributed by atoms with van der Waals surface area (Å²) >= 11 is 0. The average molecular weight is 278 g/mol. The van der Waals surface area contributed by atoms with Gasteiger partial charge in [0.25, 0.3) is 0 Å². The molecule has 112 valence electrons. The van der Waals surface area contributed by atoms with E-state index in [1.54, 1.807) is 13.3 Å². The van der Waals surface area contributed by atoms with Crippen molar-refractivity contribution < 1.29 is 9.47 Å². The summed E-state index contributed by atoms with van der Waals surface area (Å²) in [5.41, 5.74) is 1.03. The van der Waals surface area contributed by atoms with Crippen LogP contribution in [0.1, 0.15) is 50.6 Å². The average Bonchev–Trinajstić information content (AvgIpc) is 2.49. The molecule has 1 aliphatic rings. The van der Waals surface area contributed by atoms with Crippen molar-refractivity contribution in [2.75, 3.05) is 20.8 Å². The molecule has 0 aromatic carbocycles. The molecule has 1 N–H and O–H groups in total. The number of nitrogens with zero attached hydrogens (tertiary/aromatic N) is 1. The van der Waals surface area contributed by atoms with Gasteiger partial charge in [0.1, 0.15) is 5.75 Å². The minimum Gasteiger partial charge on any atom is -0.495 e. The van der Waals surface area contributed by atoms with Gasteiger partial charge in [-0.1, -0.05) is 19.3 Å². The van der Waals surface area contributed by atoms with Crippen LogP contribution in [0.25, 0.3) is 0 Å². The number of nitrogens with one attached hydrogen (secondary N) is 1. The molecule has 2 rings (SSSR count). The third kappa shape index (κ3) is 3.13. The highest BCUT2D eigenvalue weighted by molar-refractivity contribution is 5.28. The van der Waals surface area contributed by atoms with E-state index in [0.717, 1.165) is 30.8 Å². The van der Waals surface area contributed by atoms with E-state index >= 15 is 0 Å². The molecule has 1 heterocycles. The third-order valence-electron chi connectivity index (χ3n) is 4.25. The summed E-state index contributed by atoms with van der Waals surface area (Å²) < 4.78 is 11.5. The lowest BCUT2D eigenvalue weighted by Gasteiger charge is -2.43. The zero-order valence-electron chi connectivity index (χ0n) is 12.8. The number of ether oxygens (including phenoxy) is 2. The maximum absolute atomic E-state index is 6.22. The molecule has 0 radical (unpaired) electrons. The summed E-state index contributed by atoms with van der Waals surface area (Å²) in [5.74, 6) is 0.796. The van der Waals surface area contributed by atoms with E-state index in [-0.39, 0.29) is 11.6 Å². The fourth-order valence-electron chi connectivity index (χ4n) is 3.39. The van der Waals surface area contributed by atoms with Gasteiger partial charge in [-0.3, -0.25) is 4.98 Å². The molecule has 1 fully saturated rings. The van der Waals surface area contributed by atoms with E-state index in [1.807, 2.05) is 13.2 Å². The number of likely N-dealkylation sites (N-methyl/N-ethyl adjacent to an activating group) is 1. The number of rotatable bonds is 6. The van der Waals surface area contributed by atoms with Crippen molar-refractivity contribution >= 4 is 0 Å². The Morgan fingerprint density at radius 3 is 2.65 bits per heavy atom. The summed E-state index contributed by atoms with van der Waals surface area (Å²) in [4.78, 5) is 4.29. The summed E-state index contributed by atoms with van der Waals surface area (Å²) in [5, 5.41) is 3.44. The third-order valence-corrected chi connectivity index (χ3v) is 4.25. The van der Waals surface area contributed by atoms with Gasteiger partial charge in [0.2, 0.25) is 0 Å². The van der Waals surface area contributed by atoms with Gasteiger partial charge in [-0.2, -0.15) is 0 Å². The van der Waals surface area contributed by atoms with E-state index < -0.39 is 0 Å². The maximum Gasteiger partial charge on any atom is 0.137 e. The highest BCUT2D eigenvalue weighted by Gasteiger charge is 2.41. The van der Waals surface area contributed by atoms with Crippen molar-refractivity contribution in [3.63, 3.8) is 0 Å². The molecule has 0 amide bonds. The van der Waals surface area contributed by atoms with Crippen LogP contribution in [0.15, 0.2) is 18.5 Å². The van der Waals surface area contributed by atoms with Gasteiger partial charge in [0.15, 0.2) is 0 Å². The highest BCUT2D eigenvalue weighted by Crippen LogP contribution is 2.41. The molecule has 0 bridgehead atoms. The minimum absolute atomic E-state index is 0.115. The normalized spacial score (nSPS) is 19.6. The smallest absolute Gasteiger partial charge is 0.137 e. The van der Waals surface area contributed by atoms with Crippen molar-refractivity contribution in [3.8, 4) is 5.75 Å². The first-order valence-electron chi connectivity index (χ1n) is 7.56. The van der Waals surface area contributed by atoms with Crippen molar-refractivity contribution in [2.24, 2.45) is 0 Å². The first-order valence-corrected chi connectivity index (χ1v) is 7.56. The second-order valence-corrected chi connectivity index (χ2v) is 5.44. The van der Waals surface area contributed by atoms with Crippen LogP contribution >= 0.6 is 0 Å². The van der Waals surface area contributed by atoms with Gasteiger partial charge in [-0.15, -0.1) is 0 Å². The summed E-state index contributed by atoms with van der Waals surface area (Å²) in [6.45, 7) is 2.82. The minimum atomic E-state index is -0.115. The molecule has 1 atom stereocenters. The van der Waals surface area contributed by atoms with E-state index in [2.05, 4.69) is 23.3 Å². The maximum atomic E-state index is 6.22. The number of hydrogen-bond acceptors (Lipinski definition) is 4. The molecule has 1 aliphatic carbocycles. The van der Waals surface area contributed by atoms with E-state index in [1.165, 1.54) is 19.3 Å². The summed E-state index contributed by atoms with van der Waals surface area (Å²) in [6, 6.07) is 2.22. The van der Waals surface area contributed by atoms with Crippen LogP contribution < -0.4 is 10.1 Å². The molecule has 1 unspecified atom stereocenters. The molecule has 0 saturated heterocycles. The van der Waals surface area contributed by atoms with Crippen molar-refractivity contribution in [1.82, 2.24) is 10.3 Å². The summed E-state index contributed by atoms with van der Waals surface area (Å²) in [7, 11) is 3.67. The monoisotopic (exact) mass is 278 g/mol. The Labute approximate surface area is 121 Å². The Hall–Kier alpha value is -1.13. The van der Waals surface area contributed by atoms with Crippen LogP contribution in [0, 0.1) is 0 Å². The Morgan fingerprint density at radius 1 is 1.30 bits per heavy atom. The summed E-state index contributed by atoms with van der Waals surface area (Å²) in [6.07, 6.45) is 9.63. The van der Waals surface area contributed by atoms with Crippen LogP contribution in [-0.4, -0.2) is 31.3 Å². The number of hydrogen-bond donors (Lipinski definition) is 1. The van der Waals surface area contributed by atoms with Crippen LogP contribution in [0.5, 0.6) is 5.75 Å². The second-order valence-electron chi connectivity index (χ2n) is 5.44. The predicted octanol–water partition coefficient (Wildman–Crippen LogP) is 3.09. The number of methoxy groups -OCH3 is 1. The lowest BCUT2D eigenvalue weighted by atomic mass is 9.77. The molecule has 0 spiro atoms. The van der Waals surface area contributed by atoms with Gasteiger partial charge in [0, 0.05) is 12.8 Å². The first-order chi connectivity index (χ1) is 9.75. The zero-order chi connectivity index (χ0) is 14.4. The number of aromatic nitrogens is 1. The lowest BCUT2D eigenvalue weighted by molar-refractivity contribution is -0.0899. The Bertz CT molecular complexity index is 411. The number of pyridine rings is 1. The molecule has 4 heteroatoms. The van der Waals surface area contributed by atoms with E-state index in [0.29, 0.717) is 0 Å². The molecule has 0 aliphatic heterocycles. The van der Waals surface area contributed by atoms with Gasteiger partial charge in [-0.25, -0.2) is 0 Å². The fourth-order valence-corrected chi connectivity index (χ4v) is 3.39. The van der Waals surface area contributed by atoms with Crippen molar-refractivity contribution in [3.05, 3.63) is 24.0 Å². The Kier molecular flexibility index (Phi) is 5.38. The second kappa shape index (κ2) is 7.04. The molecular weight excluding hydrogens is 252 g/mol. The fraction of sp³-hybridized carbons (Fsp3) is 0.688. The van der Waals surface area contributed by atoms with Crippen molar-refractivity contribution in [2.45, 2.75) is 50.7 Å². The molecule has 1 aromatic heterocycles. The van der Waals surface area contributed by atoms with Crippen molar-refractivity contribution in [1.29, 1.82) is 0 Å². The van der Waals surface area contributed by atoms with Crippen LogP contribution in [0.2, 0.25) is 0 Å². The lowest BCUT2D eigenvalue weighted by Crippen LogP contribution is -2.46. The largest absolute Gasteiger partial charge is 0.495 e.